The Hall–Kier alpha value is -2.53. The van der Waals surface area contributed by atoms with E-state index < -0.39 is 27.2 Å². The number of sulfone groups is 1. The Morgan fingerprint density at radius 1 is 1.22 bits per heavy atom. The summed E-state index contributed by atoms with van der Waals surface area (Å²) in [4.78, 5) is 18.6. The third-order valence-electron chi connectivity index (χ3n) is 8.17. The van der Waals surface area contributed by atoms with Gasteiger partial charge in [-0.15, -0.1) is 0 Å². The highest BCUT2D eigenvalue weighted by Gasteiger charge is 2.47. The first-order chi connectivity index (χ1) is 19.6. The number of Topliss-reactive ketones (excluding diaryl/α,β-unsaturated/α-hetero) is 1. The Bertz CT molecular complexity index is 1570. The SMILES string of the molecule is CCCS(=O)(=O)CC(=O)c1cnc(N2C[C@@H]3C[C@H]2C[C@H]3OCc2c(-c3c(Cl)cccc3Cl)noc2C2CC2)c(F)c1. The van der Waals surface area contributed by atoms with Gasteiger partial charge in [0.15, 0.2) is 27.3 Å². The molecule has 3 fully saturated rings. The largest absolute Gasteiger partial charge is 0.373 e. The highest BCUT2D eigenvalue weighted by Crippen LogP contribution is 2.47. The van der Waals surface area contributed by atoms with E-state index in [-0.39, 0.29) is 35.2 Å². The van der Waals surface area contributed by atoms with Gasteiger partial charge in [0.05, 0.1) is 28.5 Å². The van der Waals surface area contributed by atoms with Gasteiger partial charge in [0, 0.05) is 47.3 Å². The van der Waals surface area contributed by atoms with Crippen molar-refractivity contribution in [1.29, 1.82) is 0 Å². The van der Waals surface area contributed by atoms with Crippen LogP contribution in [0.1, 0.15) is 66.6 Å². The number of pyridine rings is 1. The smallest absolute Gasteiger partial charge is 0.179 e. The molecule has 0 N–H and O–H groups in total. The fraction of sp³-hybridized carbons (Fsp3) is 0.483. The average Bonchev–Trinajstić information content (AvgIpc) is 3.37. The Morgan fingerprint density at radius 3 is 2.61 bits per heavy atom. The highest BCUT2D eigenvalue weighted by atomic mass is 35.5. The molecule has 3 aromatic rings. The molecule has 2 aliphatic carbocycles. The first-order valence-electron chi connectivity index (χ1n) is 13.9. The molecule has 3 aliphatic rings. The summed E-state index contributed by atoms with van der Waals surface area (Å²) in [5.74, 6) is -0.508. The lowest BCUT2D eigenvalue weighted by Gasteiger charge is -2.32. The normalized spacial score (nSPS) is 22.0. The van der Waals surface area contributed by atoms with Crippen LogP contribution in [0, 0.1) is 11.7 Å². The van der Waals surface area contributed by atoms with Gasteiger partial charge in [-0.25, -0.2) is 17.8 Å². The van der Waals surface area contributed by atoms with Gasteiger partial charge in [-0.1, -0.05) is 41.3 Å². The van der Waals surface area contributed by atoms with E-state index in [4.69, 9.17) is 32.5 Å². The Kier molecular flexibility index (Phi) is 7.86. The zero-order chi connectivity index (χ0) is 28.9. The summed E-state index contributed by atoms with van der Waals surface area (Å²) in [7, 11) is -3.53. The molecule has 12 heteroatoms. The molecule has 1 saturated heterocycles. The number of hydrogen-bond donors (Lipinski definition) is 0. The van der Waals surface area contributed by atoms with Crippen LogP contribution >= 0.6 is 23.2 Å². The van der Waals surface area contributed by atoms with E-state index >= 15 is 4.39 Å². The van der Waals surface area contributed by atoms with Gasteiger partial charge >= 0.3 is 0 Å². The van der Waals surface area contributed by atoms with Crippen LogP contribution in [0.5, 0.6) is 0 Å². The zero-order valence-electron chi connectivity index (χ0n) is 22.5. The van der Waals surface area contributed by atoms with Crippen LogP contribution in [-0.4, -0.2) is 54.5 Å². The molecule has 218 valence electrons. The molecule has 6 rings (SSSR count). The number of ketones is 1. The quantitative estimate of drug-likeness (QED) is 0.231. The fourth-order valence-corrected chi connectivity index (χ4v) is 7.98. The standard InChI is InChI=1S/C29H30Cl2FN3O5S/c1-2-8-41(37,38)15-24(36)17-10-23(32)29(33-12-17)35-13-18-9-19(35)11-25(18)39-14-20-27(34-40-28(20)16-6-7-16)26-21(30)4-3-5-22(26)31/h3-5,10,12,16,18-19,25H,2,6-9,11,13-15H2,1H3/t18-,19-,25+/m0/s1. The van der Waals surface area contributed by atoms with Crippen molar-refractivity contribution in [2.24, 2.45) is 5.92 Å². The number of fused-ring (bicyclic) bond motifs is 2. The van der Waals surface area contributed by atoms with Crippen molar-refractivity contribution < 1.29 is 26.9 Å². The van der Waals surface area contributed by atoms with Crippen LogP contribution in [0.4, 0.5) is 10.2 Å². The zero-order valence-corrected chi connectivity index (χ0v) is 24.8. The summed E-state index contributed by atoms with van der Waals surface area (Å²) in [6, 6.07) is 6.47. The van der Waals surface area contributed by atoms with E-state index in [0.29, 0.717) is 53.2 Å². The summed E-state index contributed by atoms with van der Waals surface area (Å²) in [5.41, 5.74) is 2.08. The van der Waals surface area contributed by atoms with Crippen molar-refractivity contribution in [3.8, 4) is 11.3 Å². The number of ether oxygens (including phenoxy) is 1. The van der Waals surface area contributed by atoms with Crippen molar-refractivity contribution in [3.05, 3.63) is 63.2 Å². The third kappa shape index (κ3) is 5.76. The van der Waals surface area contributed by atoms with Gasteiger partial charge in [0.2, 0.25) is 0 Å². The first-order valence-corrected chi connectivity index (χ1v) is 16.4. The van der Waals surface area contributed by atoms with Crippen molar-refractivity contribution in [1.82, 2.24) is 10.1 Å². The van der Waals surface area contributed by atoms with Crippen LogP contribution in [0.2, 0.25) is 10.0 Å². The number of nitrogens with zero attached hydrogens (tertiary/aromatic N) is 3. The molecule has 0 amide bonds. The van der Waals surface area contributed by atoms with Gasteiger partial charge in [-0.3, -0.25) is 4.79 Å². The summed E-state index contributed by atoms with van der Waals surface area (Å²) < 4.78 is 51.4. The molecule has 2 bridgehead atoms. The molecule has 1 aliphatic heterocycles. The lowest BCUT2D eigenvalue weighted by atomic mass is 10.0. The van der Waals surface area contributed by atoms with Crippen LogP contribution in [0.3, 0.4) is 0 Å². The third-order valence-corrected chi connectivity index (χ3v) is 10.5. The van der Waals surface area contributed by atoms with Crippen molar-refractivity contribution in [3.63, 3.8) is 0 Å². The molecule has 0 spiro atoms. The average molecular weight is 623 g/mol. The summed E-state index contributed by atoms with van der Waals surface area (Å²) in [5, 5.41) is 5.32. The Labute approximate surface area is 248 Å². The number of anilines is 1. The molecule has 2 saturated carbocycles. The predicted octanol–water partition coefficient (Wildman–Crippen LogP) is 6.25. The molecule has 41 heavy (non-hydrogen) atoms. The number of rotatable bonds is 11. The minimum absolute atomic E-state index is 0.0274. The van der Waals surface area contributed by atoms with Crippen LogP contribution in [-0.2, 0) is 21.2 Å². The van der Waals surface area contributed by atoms with Gasteiger partial charge in [0.25, 0.3) is 0 Å². The highest BCUT2D eigenvalue weighted by molar-refractivity contribution is 7.92. The fourth-order valence-electron chi connectivity index (χ4n) is 6.07. The summed E-state index contributed by atoms with van der Waals surface area (Å²) in [6.45, 7) is 2.61. The lowest BCUT2D eigenvalue weighted by molar-refractivity contribution is 0.0121. The predicted molar refractivity (Wildman–Crippen MR) is 154 cm³/mol. The van der Waals surface area contributed by atoms with Gasteiger partial charge in [-0.05, 0) is 50.3 Å². The molecule has 3 atom stereocenters. The number of piperidine rings is 1. The van der Waals surface area contributed by atoms with E-state index in [2.05, 4.69) is 10.1 Å². The van der Waals surface area contributed by atoms with E-state index in [0.717, 1.165) is 36.7 Å². The van der Waals surface area contributed by atoms with Crippen molar-refractivity contribution in [2.75, 3.05) is 23.0 Å². The molecule has 3 heterocycles. The lowest BCUT2D eigenvalue weighted by Crippen LogP contribution is -2.39. The van der Waals surface area contributed by atoms with Gasteiger partial charge in [-0.2, -0.15) is 0 Å². The summed E-state index contributed by atoms with van der Waals surface area (Å²) >= 11 is 13.0. The molecule has 0 radical (unpaired) electrons. The van der Waals surface area contributed by atoms with E-state index in [9.17, 15) is 13.2 Å². The van der Waals surface area contributed by atoms with Gasteiger partial charge < -0.3 is 14.2 Å². The van der Waals surface area contributed by atoms with Crippen LogP contribution in [0.25, 0.3) is 11.3 Å². The monoisotopic (exact) mass is 621 g/mol. The van der Waals surface area contributed by atoms with E-state index in [1.165, 1.54) is 6.20 Å². The molecular weight excluding hydrogens is 592 g/mol. The topological polar surface area (TPSA) is 103 Å². The van der Waals surface area contributed by atoms with Gasteiger partial charge in [0.1, 0.15) is 17.2 Å². The number of carbonyl (C=O) groups is 1. The van der Waals surface area contributed by atoms with E-state index in [1.54, 1.807) is 25.1 Å². The maximum atomic E-state index is 15.1. The minimum atomic E-state index is -3.53. The first kappa shape index (κ1) is 28.6. The molecular formula is C29H30Cl2FN3O5S. The number of carbonyl (C=O) groups excluding carboxylic acids is 1. The second-order valence-corrected chi connectivity index (χ2v) is 14.2. The second kappa shape index (κ2) is 11.3. The molecule has 8 nitrogen and oxygen atoms in total. The molecule has 1 aromatic carbocycles. The van der Waals surface area contributed by atoms with E-state index in [1.807, 2.05) is 4.90 Å². The second-order valence-electron chi connectivity index (χ2n) is 11.2. The van der Waals surface area contributed by atoms with Crippen LogP contribution < -0.4 is 4.90 Å². The number of benzene rings is 1. The molecule has 2 aromatic heterocycles. The number of aromatic nitrogens is 2. The maximum Gasteiger partial charge on any atom is 0.179 e. The summed E-state index contributed by atoms with van der Waals surface area (Å²) in [6.07, 6.45) is 5.28. The van der Waals surface area contributed by atoms with Crippen LogP contribution in [0.15, 0.2) is 35.0 Å². The Morgan fingerprint density at radius 2 is 1.98 bits per heavy atom. The molecule has 0 unspecified atom stereocenters. The van der Waals surface area contributed by atoms with Crippen molar-refractivity contribution in [2.45, 2.75) is 63.7 Å². The Balaban J connectivity index is 1.13. The number of halogens is 3. The van der Waals surface area contributed by atoms with Crippen molar-refractivity contribution >= 4 is 44.6 Å². The number of hydrogen-bond acceptors (Lipinski definition) is 8. The minimum Gasteiger partial charge on any atom is -0.373 e. The maximum absolute atomic E-state index is 15.1.